The highest BCUT2D eigenvalue weighted by atomic mass is 32.1. The van der Waals surface area contributed by atoms with Crippen LogP contribution in [0.15, 0.2) is 48.8 Å². The van der Waals surface area contributed by atoms with E-state index < -0.39 is 0 Å². The molecule has 0 atom stereocenters. The zero-order valence-corrected chi connectivity index (χ0v) is 15.4. The number of aryl methyl sites for hydroxylation is 2. The Bertz CT molecular complexity index is 1160. The minimum absolute atomic E-state index is 0.0834. The summed E-state index contributed by atoms with van der Waals surface area (Å²) < 4.78 is 5.79. The standard InChI is InChI=1S/C21H17N3O2S/c25-18(24-16-9-3-6-13-5-1-2-7-14(13)16)11-26-20-19-15-8-4-10-17(15)27-21(19)23-12-22-20/h1-3,5-7,9,12H,4,8,10-11H2,(H,24,25). The van der Waals surface area contributed by atoms with Crippen molar-refractivity contribution < 1.29 is 9.53 Å². The summed E-state index contributed by atoms with van der Waals surface area (Å²) in [4.78, 5) is 23.4. The molecule has 0 fully saturated rings. The number of anilines is 1. The summed E-state index contributed by atoms with van der Waals surface area (Å²) in [7, 11) is 0. The maximum atomic E-state index is 12.5. The van der Waals surface area contributed by atoms with Gasteiger partial charge in [0.2, 0.25) is 5.88 Å². The number of carbonyl (C=O) groups is 1. The largest absolute Gasteiger partial charge is 0.467 e. The topological polar surface area (TPSA) is 64.1 Å². The van der Waals surface area contributed by atoms with Gasteiger partial charge in [-0.2, -0.15) is 0 Å². The minimum Gasteiger partial charge on any atom is -0.467 e. The maximum absolute atomic E-state index is 12.5. The number of aromatic nitrogens is 2. The number of ether oxygens (including phenoxy) is 1. The van der Waals surface area contributed by atoms with Gasteiger partial charge in [0.15, 0.2) is 6.61 Å². The van der Waals surface area contributed by atoms with Crippen LogP contribution in [0.3, 0.4) is 0 Å². The molecule has 4 aromatic rings. The number of hydrogen-bond donors (Lipinski definition) is 1. The van der Waals surface area contributed by atoms with Crippen LogP contribution in [0.4, 0.5) is 5.69 Å². The van der Waals surface area contributed by atoms with E-state index >= 15 is 0 Å². The summed E-state index contributed by atoms with van der Waals surface area (Å²) in [6.07, 6.45) is 4.79. The molecule has 134 valence electrons. The molecule has 2 heterocycles. The van der Waals surface area contributed by atoms with Gasteiger partial charge in [-0.15, -0.1) is 11.3 Å². The molecule has 0 saturated heterocycles. The van der Waals surface area contributed by atoms with Crippen molar-refractivity contribution in [3.63, 3.8) is 0 Å². The van der Waals surface area contributed by atoms with Crippen LogP contribution in [-0.4, -0.2) is 22.5 Å². The molecule has 6 heteroatoms. The van der Waals surface area contributed by atoms with E-state index in [-0.39, 0.29) is 12.5 Å². The Labute approximate surface area is 160 Å². The third-order valence-electron chi connectivity index (χ3n) is 4.87. The number of nitrogens with zero attached hydrogens (tertiary/aromatic N) is 2. The molecule has 0 unspecified atom stereocenters. The normalized spacial score (nSPS) is 13.0. The Morgan fingerprint density at radius 3 is 2.96 bits per heavy atom. The summed E-state index contributed by atoms with van der Waals surface area (Å²) in [6, 6.07) is 13.8. The molecule has 0 saturated carbocycles. The second-order valence-electron chi connectivity index (χ2n) is 6.58. The summed E-state index contributed by atoms with van der Waals surface area (Å²) in [6.45, 7) is -0.0834. The van der Waals surface area contributed by atoms with Crippen molar-refractivity contribution >= 4 is 43.9 Å². The number of amides is 1. The molecule has 0 aliphatic heterocycles. The molecule has 2 aromatic carbocycles. The van der Waals surface area contributed by atoms with Gasteiger partial charge in [0, 0.05) is 16.0 Å². The fourth-order valence-corrected chi connectivity index (χ4v) is 4.88. The molecule has 5 nitrogen and oxygen atoms in total. The van der Waals surface area contributed by atoms with Crippen LogP contribution in [0.1, 0.15) is 16.9 Å². The number of rotatable bonds is 4. The smallest absolute Gasteiger partial charge is 0.262 e. The number of nitrogens with one attached hydrogen (secondary N) is 1. The van der Waals surface area contributed by atoms with Crippen molar-refractivity contribution in [1.29, 1.82) is 0 Å². The van der Waals surface area contributed by atoms with Gasteiger partial charge >= 0.3 is 0 Å². The highest BCUT2D eigenvalue weighted by Gasteiger charge is 2.22. The van der Waals surface area contributed by atoms with Gasteiger partial charge in [-0.1, -0.05) is 36.4 Å². The lowest BCUT2D eigenvalue weighted by molar-refractivity contribution is -0.118. The first-order valence-corrected chi connectivity index (χ1v) is 9.77. The highest BCUT2D eigenvalue weighted by Crippen LogP contribution is 2.39. The van der Waals surface area contributed by atoms with Gasteiger partial charge in [0.1, 0.15) is 11.2 Å². The van der Waals surface area contributed by atoms with E-state index in [9.17, 15) is 4.79 Å². The van der Waals surface area contributed by atoms with Crippen molar-refractivity contribution in [3.05, 3.63) is 59.2 Å². The SMILES string of the molecule is O=C(COc1ncnc2sc3c(c12)CCC3)Nc1cccc2ccccc12. The first kappa shape index (κ1) is 16.2. The molecular weight excluding hydrogens is 358 g/mol. The van der Waals surface area contributed by atoms with Gasteiger partial charge in [-0.3, -0.25) is 4.79 Å². The fourth-order valence-electron chi connectivity index (χ4n) is 3.66. The van der Waals surface area contributed by atoms with E-state index in [1.807, 2.05) is 42.5 Å². The number of hydrogen-bond acceptors (Lipinski definition) is 5. The molecule has 0 spiro atoms. The van der Waals surface area contributed by atoms with Gasteiger partial charge in [0.25, 0.3) is 5.91 Å². The molecule has 27 heavy (non-hydrogen) atoms. The van der Waals surface area contributed by atoms with E-state index in [2.05, 4.69) is 15.3 Å². The van der Waals surface area contributed by atoms with E-state index in [1.54, 1.807) is 11.3 Å². The second-order valence-corrected chi connectivity index (χ2v) is 7.66. The Hall–Kier alpha value is -2.99. The molecule has 1 aliphatic rings. The van der Waals surface area contributed by atoms with Gasteiger partial charge in [-0.05, 0) is 36.3 Å². The van der Waals surface area contributed by atoms with Crippen molar-refractivity contribution in [2.24, 2.45) is 0 Å². The minimum atomic E-state index is -0.204. The van der Waals surface area contributed by atoms with Gasteiger partial charge < -0.3 is 10.1 Å². The summed E-state index contributed by atoms with van der Waals surface area (Å²) in [5.41, 5.74) is 2.08. The average Bonchev–Trinajstić information content (AvgIpc) is 3.28. The molecule has 0 radical (unpaired) electrons. The quantitative estimate of drug-likeness (QED) is 0.576. The Kier molecular flexibility index (Phi) is 3.98. The summed E-state index contributed by atoms with van der Waals surface area (Å²) >= 11 is 1.71. The van der Waals surface area contributed by atoms with E-state index in [0.29, 0.717) is 5.88 Å². The highest BCUT2D eigenvalue weighted by molar-refractivity contribution is 7.18. The number of fused-ring (bicyclic) bond motifs is 4. The van der Waals surface area contributed by atoms with Crippen molar-refractivity contribution in [2.45, 2.75) is 19.3 Å². The van der Waals surface area contributed by atoms with Crippen molar-refractivity contribution in [2.75, 3.05) is 11.9 Å². The van der Waals surface area contributed by atoms with Crippen LogP contribution in [-0.2, 0) is 17.6 Å². The van der Waals surface area contributed by atoms with Crippen LogP contribution in [0, 0.1) is 0 Å². The lowest BCUT2D eigenvalue weighted by Gasteiger charge is -2.10. The van der Waals surface area contributed by atoms with Crippen molar-refractivity contribution in [3.8, 4) is 5.88 Å². The van der Waals surface area contributed by atoms with Crippen LogP contribution in [0.2, 0.25) is 0 Å². The van der Waals surface area contributed by atoms with E-state index in [1.165, 1.54) is 16.8 Å². The van der Waals surface area contributed by atoms with Gasteiger partial charge in [0.05, 0.1) is 5.39 Å². The van der Waals surface area contributed by atoms with Crippen molar-refractivity contribution in [1.82, 2.24) is 9.97 Å². The molecule has 1 N–H and O–H groups in total. The van der Waals surface area contributed by atoms with E-state index in [4.69, 9.17) is 4.74 Å². The summed E-state index contributed by atoms with van der Waals surface area (Å²) in [5.74, 6) is 0.303. The third kappa shape index (κ3) is 2.92. The van der Waals surface area contributed by atoms with Crippen LogP contribution < -0.4 is 10.1 Å². The Balaban J connectivity index is 1.36. The number of thiophene rings is 1. The molecular formula is C21H17N3O2S. The predicted molar refractivity (Wildman–Crippen MR) is 108 cm³/mol. The third-order valence-corrected chi connectivity index (χ3v) is 6.07. The number of carbonyl (C=O) groups excluding carboxylic acids is 1. The lowest BCUT2D eigenvalue weighted by Crippen LogP contribution is -2.20. The van der Waals surface area contributed by atoms with E-state index in [0.717, 1.165) is 45.9 Å². The van der Waals surface area contributed by atoms with Gasteiger partial charge in [-0.25, -0.2) is 9.97 Å². The zero-order chi connectivity index (χ0) is 18.2. The number of benzene rings is 2. The maximum Gasteiger partial charge on any atom is 0.262 e. The first-order valence-electron chi connectivity index (χ1n) is 8.95. The van der Waals surface area contributed by atoms with Crippen LogP contribution in [0.25, 0.3) is 21.0 Å². The fraction of sp³-hybridized carbons (Fsp3) is 0.190. The molecule has 1 aliphatic carbocycles. The molecule has 5 rings (SSSR count). The van der Waals surface area contributed by atoms with Crippen LogP contribution in [0.5, 0.6) is 5.88 Å². The lowest BCUT2D eigenvalue weighted by atomic mass is 10.1. The first-order chi connectivity index (χ1) is 13.3. The zero-order valence-electron chi connectivity index (χ0n) is 14.6. The van der Waals surface area contributed by atoms with Crippen LogP contribution >= 0.6 is 11.3 Å². The summed E-state index contributed by atoms with van der Waals surface area (Å²) in [5, 5.41) is 6.02. The Morgan fingerprint density at radius 2 is 2.00 bits per heavy atom. The monoisotopic (exact) mass is 375 g/mol. The Morgan fingerprint density at radius 1 is 1.11 bits per heavy atom. The molecule has 2 aromatic heterocycles. The average molecular weight is 375 g/mol. The molecule has 0 bridgehead atoms. The predicted octanol–water partition coefficient (Wildman–Crippen LogP) is 4.35. The second kappa shape index (κ2) is 6.63. The molecule has 1 amide bonds.